The van der Waals surface area contributed by atoms with Crippen LogP contribution < -0.4 is 10.0 Å². The Morgan fingerprint density at radius 1 is 1.48 bits per heavy atom. The van der Waals surface area contributed by atoms with Gasteiger partial charge in [0.25, 0.3) is 10.0 Å². The molecule has 0 atom stereocenters. The number of aromatic amines is 1. The Kier molecular flexibility index (Phi) is 3.43. The van der Waals surface area contributed by atoms with Crippen molar-refractivity contribution in [3.05, 3.63) is 29.0 Å². The first-order chi connectivity index (χ1) is 10.0. The molecule has 0 bridgehead atoms. The van der Waals surface area contributed by atoms with E-state index in [4.69, 9.17) is 0 Å². The number of aryl methyl sites for hydroxylation is 1. The van der Waals surface area contributed by atoms with Crippen molar-refractivity contribution >= 4 is 32.1 Å². The van der Waals surface area contributed by atoms with E-state index in [9.17, 15) is 8.42 Å². The molecule has 3 aromatic rings. The Labute approximate surface area is 125 Å². The van der Waals surface area contributed by atoms with Crippen LogP contribution in [-0.2, 0) is 16.6 Å². The smallest absolute Gasteiger partial charge is 0.260 e. The summed E-state index contributed by atoms with van der Waals surface area (Å²) in [6.07, 6.45) is 3.29. The van der Waals surface area contributed by atoms with E-state index in [1.807, 2.05) is 6.92 Å². The maximum absolute atomic E-state index is 12.6. The normalized spacial score (nSPS) is 12.1. The van der Waals surface area contributed by atoms with Gasteiger partial charge in [0.1, 0.15) is 0 Å². The van der Waals surface area contributed by atoms with E-state index in [1.165, 1.54) is 11.3 Å². The summed E-state index contributed by atoms with van der Waals surface area (Å²) in [5, 5.41) is 11.4. The second-order valence-electron chi connectivity index (χ2n) is 4.42. The predicted molar refractivity (Wildman–Crippen MR) is 80.0 cm³/mol. The first kappa shape index (κ1) is 14.0. The fourth-order valence-corrected chi connectivity index (χ4v) is 4.04. The van der Waals surface area contributed by atoms with Gasteiger partial charge in [-0.2, -0.15) is 5.10 Å². The van der Waals surface area contributed by atoms with Crippen molar-refractivity contribution in [2.24, 2.45) is 0 Å². The number of imidazole rings is 1. The topological polar surface area (TPSA) is 104 Å². The van der Waals surface area contributed by atoms with Crippen molar-refractivity contribution in [2.75, 3.05) is 12.4 Å². The highest BCUT2D eigenvalue weighted by Gasteiger charge is 2.25. The molecule has 8 nitrogen and oxygen atoms in total. The monoisotopic (exact) mass is 326 g/mol. The van der Waals surface area contributed by atoms with Gasteiger partial charge in [-0.15, -0.1) is 11.3 Å². The average molecular weight is 326 g/mol. The molecule has 0 saturated carbocycles. The summed E-state index contributed by atoms with van der Waals surface area (Å²) in [5.74, 6) is 0.332. The minimum absolute atomic E-state index is 0.113. The third-order valence-corrected chi connectivity index (χ3v) is 5.28. The number of thiazole rings is 1. The molecule has 0 aliphatic carbocycles. The number of nitrogens with one attached hydrogen (secondary N) is 3. The summed E-state index contributed by atoms with van der Waals surface area (Å²) in [7, 11) is -2.05. The van der Waals surface area contributed by atoms with Gasteiger partial charge < -0.3 is 5.32 Å². The molecule has 0 fully saturated rings. The summed E-state index contributed by atoms with van der Waals surface area (Å²) >= 11 is 1.38. The molecule has 3 aromatic heterocycles. The minimum atomic E-state index is -3.70. The number of nitrogens with zero attached hydrogens (tertiary/aromatic N) is 3. The molecule has 0 amide bonds. The molecule has 3 heterocycles. The first-order valence-corrected chi connectivity index (χ1v) is 8.51. The summed E-state index contributed by atoms with van der Waals surface area (Å²) in [6, 6.07) is 0. The summed E-state index contributed by atoms with van der Waals surface area (Å²) < 4.78 is 29.2. The fraction of sp³-hybridized carbons (Fsp3) is 0.273. The summed E-state index contributed by atoms with van der Waals surface area (Å²) in [6.45, 7) is 2.01. The molecule has 10 heteroatoms. The van der Waals surface area contributed by atoms with Crippen molar-refractivity contribution in [1.29, 1.82) is 0 Å². The van der Waals surface area contributed by atoms with Crippen LogP contribution >= 0.6 is 11.3 Å². The van der Waals surface area contributed by atoms with Crippen LogP contribution in [0, 0.1) is 6.92 Å². The lowest BCUT2D eigenvalue weighted by atomic mass is 10.3. The molecule has 0 spiro atoms. The van der Waals surface area contributed by atoms with Gasteiger partial charge in [-0.25, -0.2) is 18.1 Å². The van der Waals surface area contributed by atoms with Crippen LogP contribution in [0.25, 0.3) is 4.96 Å². The quantitative estimate of drug-likeness (QED) is 0.647. The van der Waals surface area contributed by atoms with Gasteiger partial charge in [-0.3, -0.25) is 9.50 Å². The third-order valence-electron chi connectivity index (χ3n) is 3.10. The minimum Gasteiger partial charge on any atom is -0.371 e. The number of aromatic nitrogens is 4. The van der Waals surface area contributed by atoms with E-state index >= 15 is 0 Å². The van der Waals surface area contributed by atoms with Gasteiger partial charge in [0.15, 0.2) is 15.8 Å². The zero-order valence-electron chi connectivity index (χ0n) is 11.4. The SMILES string of the molecule is CNc1nc2sccn2c1S(=O)(=O)NCc1cn[nH]c1C. The predicted octanol–water partition coefficient (Wildman–Crippen LogP) is 0.948. The van der Waals surface area contributed by atoms with E-state index in [-0.39, 0.29) is 11.6 Å². The molecule has 0 aliphatic heterocycles. The molecule has 3 N–H and O–H groups in total. The summed E-state index contributed by atoms with van der Waals surface area (Å²) in [5.41, 5.74) is 1.64. The van der Waals surface area contributed by atoms with Crippen LogP contribution in [0.15, 0.2) is 22.8 Å². The third kappa shape index (κ3) is 2.41. The Morgan fingerprint density at radius 3 is 2.95 bits per heavy atom. The molecule has 0 unspecified atom stereocenters. The van der Waals surface area contributed by atoms with Crippen LogP contribution in [0.5, 0.6) is 0 Å². The lowest BCUT2D eigenvalue weighted by Crippen LogP contribution is -2.25. The number of anilines is 1. The van der Waals surface area contributed by atoms with Gasteiger partial charge in [0.05, 0.1) is 6.20 Å². The molecular formula is C11H14N6O2S2. The number of H-pyrrole nitrogens is 1. The number of rotatable bonds is 5. The highest BCUT2D eigenvalue weighted by atomic mass is 32.2. The number of fused-ring (bicyclic) bond motifs is 1. The number of hydrogen-bond acceptors (Lipinski definition) is 6. The molecule has 21 heavy (non-hydrogen) atoms. The molecule has 0 radical (unpaired) electrons. The lowest BCUT2D eigenvalue weighted by molar-refractivity contribution is 0.577. The van der Waals surface area contributed by atoms with Crippen molar-refractivity contribution in [3.63, 3.8) is 0 Å². The van der Waals surface area contributed by atoms with E-state index in [0.29, 0.717) is 10.8 Å². The second kappa shape index (κ2) is 5.13. The highest BCUT2D eigenvalue weighted by Crippen LogP contribution is 2.25. The van der Waals surface area contributed by atoms with Crippen LogP contribution in [0.1, 0.15) is 11.3 Å². The lowest BCUT2D eigenvalue weighted by Gasteiger charge is -2.07. The van der Waals surface area contributed by atoms with Crippen LogP contribution in [0.2, 0.25) is 0 Å². The summed E-state index contributed by atoms with van der Waals surface area (Å²) in [4.78, 5) is 4.88. The molecule has 0 aromatic carbocycles. The zero-order chi connectivity index (χ0) is 15.0. The maximum Gasteiger partial charge on any atom is 0.260 e. The van der Waals surface area contributed by atoms with Crippen LogP contribution in [0.3, 0.4) is 0 Å². The molecule has 0 saturated heterocycles. The van der Waals surface area contributed by atoms with Crippen molar-refractivity contribution in [1.82, 2.24) is 24.3 Å². The number of sulfonamides is 1. The average Bonchev–Trinajstić information content (AvgIpc) is 3.10. The largest absolute Gasteiger partial charge is 0.371 e. The van der Waals surface area contributed by atoms with Crippen molar-refractivity contribution in [2.45, 2.75) is 18.5 Å². The molecule has 3 rings (SSSR count). The van der Waals surface area contributed by atoms with Crippen LogP contribution in [0.4, 0.5) is 5.82 Å². The van der Waals surface area contributed by atoms with Gasteiger partial charge >= 0.3 is 0 Å². The van der Waals surface area contributed by atoms with Gasteiger partial charge in [-0.05, 0) is 6.92 Å². The van der Waals surface area contributed by atoms with Gasteiger partial charge in [0, 0.05) is 36.4 Å². The Morgan fingerprint density at radius 2 is 2.29 bits per heavy atom. The maximum atomic E-state index is 12.6. The molecule has 0 aliphatic rings. The highest BCUT2D eigenvalue weighted by molar-refractivity contribution is 7.89. The van der Waals surface area contributed by atoms with E-state index < -0.39 is 10.0 Å². The fourth-order valence-electron chi connectivity index (χ4n) is 1.98. The zero-order valence-corrected chi connectivity index (χ0v) is 13.0. The Hall–Kier alpha value is -1.91. The van der Waals surface area contributed by atoms with Crippen molar-refractivity contribution < 1.29 is 8.42 Å². The van der Waals surface area contributed by atoms with E-state index in [1.54, 1.807) is 29.2 Å². The Balaban J connectivity index is 1.96. The number of hydrogen-bond donors (Lipinski definition) is 3. The van der Waals surface area contributed by atoms with E-state index in [2.05, 4.69) is 25.2 Å². The second-order valence-corrected chi connectivity index (χ2v) is 6.97. The van der Waals surface area contributed by atoms with E-state index in [0.717, 1.165) is 11.3 Å². The molecule has 112 valence electrons. The van der Waals surface area contributed by atoms with Gasteiger partial charge in [0.2, 0.25) is 0 Å². The van der Waals surface area contributed by atoms with Crippen molar-refractivity contribution in [3.8, 4) is 0 Å². The standard InChI is InChI=1S/C11H14N6O2S2/c1-7-8(5-13-16-7)6-14-21(18,19)10-9(12-2)15-11-17(10)3-4-20-11/h3-5,12,14H,6H2,1-2H3,(H,13,16). The molecular weight excluding hydrogens is 312 g/mol. The first-order valence-electron chi connectivity index (χ1n) is 6.14. The Bertz CT molecular complexity index is 876. The van der Waals surface area contributed by atoms with Gasteiger partial charge in [-0.1, -0.05) is 0 Å². The van der Waals surface area contributed by atoms with Crippen LogP contribution in [-0.4, -0.2) is 35.0 Å².